The Kier molecular flexibility index (Phi) is 3.08. The fraction of sp³-hybridized carbons (Fsp3) is 0.133. The van der Waals surface area contributed by atoms with Gasteiger partial charge in [-0.25, -0.2) is 0 Å². The first kappa shape index (κ1) is 13.5. The summed E-state index contributed by atoms with van der Waals surface area (Å²) in [5, 5.41) is 2.51. The van der Waals surface area contributed by atoms with Gasteiger partial charge in [-0.1, -0.05) is 6.07 Å². The van der Waals surface area contributed by atoms with Crippen molar-refractivity contribution in [2.45, 2.75) is 6.18 Å². The van der Waals surface area contributed by atoms with Gasteiger partial charge in [0.15, 0.2) is 0 Å². The Morgan fingerprint density at radius 1 is 1.10 bits per heavy atom. The molecule has 1 aromatic carbocycles. The maximum atomic E-state index is 12.8. The molecule has 0 atom stereocenters. The molecule has 0 aliphatic heterocycles. The lowest BCUT2D eigenvalue weighted by atomic mass is 10.1. The van der Waals surface area contributed by atoms with E-state index in [9.17, 15) is 13.2 Å². The molecule has 0 radical (unpaired) electrons. The number of pyridine rings is 1. The maximum absolute atomic E-state index is 12.8. The van der Waals surface area contributed by atoms with Crippen LogP contribution in [0, 0.1) is 0 Å². The van der Waals surface area contributed by atoms with Crippen LogP contribution in [0.2, 0.25) is 0 Å². The molecule has 6 heteroatoms. The highest BCUT2D eigenvalue weighted by molar-refractivity contribution is 5.91. The number of halogens is 3. The molecule has 3 aromatic rings. The zero-order valence-corrected chi connectivity index (χ0v) is 11.2. The molecule has 0 bridgehead atoms. The number of anilines is 1. The van der Waals surface area contributed by atoms with Crippen LogP contribution in [0.3, 0.4) is 0 Å². The van der Waals surface area contributed by atoms with Gasteiger partial charge in [0.25, 0.3) is 0 Å². The third-order valence-electron chi connectivity index (χ3n) is 3.33. The predicted molar refractivity (Wildman–Crippen MR) is 75.0 cm³/mol. The van der Waals surface area contributed by atoms with E-state index in [0.717, 1.165) is 17.8 Å². The first-order valence-corrected chi connectivity index (χ1v) is 6.30. The molecule has 0 aliphatic carbocycles. The Labute approximate surface area is 119 Å². The minimum atomic E-state index is -4.36. The number of aromatic nitrogens is 2. The maximum Gasteiger partial charge on any atom is 0.416 e. The van der Waals surface area contributed by atoms with Gasteiger partial charge in [-0.15, -0.1) is 0 Å². The van der Waals surface area contributed by atoms with E-state index in [-0.39, 0.29) is 0 Å². The van der Waals surface area contributed by atoms with Gasteiger partial charge in [-0.3, -0.25) is 14.7 Å². The topological polar surface area (TPSA) is 21.1 Å². The first-order valence-electron chi connectivity index (χ1n) is 6.30. The smallest absolute Gasteiger partial charge is 0.284 e. The van der Waals surface area contributed by atoms with Gasteiger partial charge < -0.3 is 0 Å². The Hall–Kier alpha value is -2.50. The number of alkyl halides is 3. The Balaban J connectivity index is 2.13. The Morgan fingerprint density at radius 2 is 1.81 bits per heavy atom. The minimum absolute atomic E-state index is 0.321. The minimum Gasteiger partial charge on any atom is -0.284 e. The lowest BCUT2D eigenvalue weighted by Crippen LogP contribution is -2.23. The number of fused-ring (bicyclic) bond motifs is 1. The largest absolute Gasteiger partial charge is 0.416 e. The van der Waals surface area contributed by atoms with Crippen LogP contribution in [0.15, 0.2) is 55.0 Å². The summed E-state index contributed by atoms with van der Waals surface area (Å²) in [6, 6.07) is 9.14. The summed E-state index contributed by atoms with van der Waals surface area (Å²) in [6.45, 7) is 0. The molecule has 0 saturated heterocycles. The molecule has 0 amide bonds. The average Bonchev–Trinajstić information content (AvgIpc) is 2.98. The molecule has 3 rings (SSSR count). The number of rotatable bonds is 2. The lowest BCUT2D eigenvalue weighted by molar-refractivity contribution is -0.137. The molecule has 0 aliphatic rings. The molecule has 2 aromatic heterocycles. The first-order chi connectivity index (χ1) is 9.97. The molecule has 3 nitrogen and oxygen atoms in total. The molecular formula is C15H12F3N3. The van der Waals surface area contributed by atoms with E-state index in [1.54, 1.807) is 6.07 Å². The van der Waals surface area contributed by atoms with E-state index in [0.29, 0.717) is 10.9 Å². The van der Waals surface area contributed by atoms with Crippen molar-refractivity contribution in [1.82, 2.24) is 9.66 Å². The van der Waals surface area contributed by atoms with Crippen LogP contribution in [-0.4, -0.2) is 16.7 Å². The van der Waals surface area contributed by atoms with Gasteiger partial charge in [0.2, 0.25) is 0 Å². The monoisotopic (exact) mass is 291 g/mol. The van der Waals surface area contributed by atoms with Gasteiger partial charge in [0.1, 0.15) is 0 Å². The number of benzene rings is 1. The molecule has 0 N–H and O–H groups in total. The van der Waals surface area contributed by atoms with Crippen LogP contribution < -0.4 is 5.01 Å². The second-order valence-electron chi connectivity index (χ2n) is 4.65. The summed E-state index contributed by atoms with van der Waals surface area (Å²) in [4.78, 5) is 4.04. The Bertz CT molecular complexity index is 763. The fourth-order valence-corrected chi connectivity index (χ4v) is 2.24. The van der Waals surface area contributed by atoms with Crippen LogP contribution in [0.4, 0.5) is 18.9 Å². The van der Waals surface area contributed by atoms with Crippen molar-refractivity contribution in [3.8, 4) is 0 Å². The van der Waals surface area contributed by atoms with Gasteiger partial charge in [-0.2, -0.15) is 13.2 Å². The van der Waals surface area contributed by atoms with E-state index >= 15 is 0 Å². The van der Waals surface area contributed by atoms with Crippen molar-refractivity contribution in [3.05, 3.63) is 60.6 Å². The van der Waals surface area contributed by atoms with Crippen molar-refractivity contribution in [3.63, 3.8) is 0 Å². The van der Waals surface area contributed by atoms with E-state index in [1.807, 2.05) is 41.3 Å². The SMILES string of the molecule is CN(c1ccnc2cc(C(F)(F)F)ccc12)n1cccc1. The van der Waals surface area contributed by atoms with Crippen LogP contribution >= 0.6 is 0 Å². The van der Waals surface area contributed by atoms with Gasteiger partial charge >= 0.3 is 6.18 Å². The number of hydrogen-bond acceptors (Lipinski definition) is 2. The van der Waals surface area contributed by atoms with Crippen molar-refractivity contribution < 1.29 is 13.2 Å². The summed E-state index contributed by atoms with van der Waals surface area (Å²) in [6.07, 6.45) is 0.864. The number of nitrogens with zero attached hydrogens (tertiary/aromatic N) is 3. The van der Waals surface area contributed by atoms with Crippen molar-refractivity contribution in [2.75, 3.05) is 12.1 Å². The molecule has 2 heterocycles. The molecule has 21 heavy (non-hydrogen) atoms. The molecule has 0 unspecified atom stereocenters. The lowest BCUT2D eigenvalue weighted by Gasteiger charge is -2.22. The van der Waals surface area contributed by atoms with E-state index in [1.165, 1.54) is 12.3 Å². The summed E-state index contributed by atoms with van der Waals surface area (Å²) >= 11 is 0. The highest BCUT2D eigenvalue weighted by Crippen LogP contribution is 2.33. The molecule has 0 spiro atoms. The van der Waals surface area contributed by atoms with Gasteiger partial charge in [-0.05, 0) is 30.3 Å². The quantitative estimate of drug-likeness (QED) is 0.712. The second-order valence-corrected chi connectivity index (χ2v) is 4.65. The fourth-order valence-electron chi connectivity index (χ4n) is 2.24. The second kappa shape index (κ2) is 4.80. The van der Waals surface area contributed by atoms with Gasteiger partial charge in [0.05, 0.1) is 16.8 Å². The normalized spacial score (nSPS) is 11.8. The van der Waals surface area contributed by atoms with Gasteiger partial charge in [0, 0.05) is 31.0 Å². The summed E-state index contributed by atoms with van der Waals surface area (Å²) in [5.74, 6) is 0. The third kappa shape index (κ3) is 2.44. The van der Waals surface area contributed by atoms with E-state index in [4.69, 9.17) is 0 Å². The summed E-state index contributed by atoms with van der Waals surface area (Å²) < 4.78 is 40.1. The number of hydrogen-bond donors (Lipinski definition) is 0. The standard InChI is InChI=1S/C15H12F3N3/c1-20(21-8-2-3-9-21)14-6-7-19-13-10-11(15(16,17)18)4-5-12(13)14/h2-10H,1H3. The van der Waals surface area contributed by atoms with Crippen molar-refractivity contribution >= 4 is 16.6 Å². The van der Waals surface area contributed by atoms with E-state index in [2.05, 4.69) is 4.98 Å². The molecular weight excluding hydrogens is 279 g/mol. The van der Waals surface area contributed by atoms with Crippen LogP contribution in [0.1, 0.15) is 5.56 Å². The molecule has 0 saturated carbocycles. The van der Waals surface area contributed by atoms with Crippen molar-refractivity contribution in [1.29, 1.82) is 0 Å². The van der Waals surface area contributed by atoms with E-state index < -0.39 is 11.7 Å². The van der Waals surface area contributed by atoms with Crippen LogP contribution in [0.25, 0.3) is 10.9 Å². The predicted octanol–water partition coefficient (Wildman–Crippen LogP) is 3.95. The average molecular weight is 291 g/mol. The summed E-state index contributed by atoms with van der Waals surface area (Å²) in [7, 11) is 1.84. The molecule has 108 valence electrons. The summed E-state index contributed by atoms with van der Waals surface area (Å²) in [5.41, 5.74) is 0.412. The zero-order valence-electron chi connectivity index (χ0n) is 11.2. The third-order valence-corrected chi connectivity index (χ3v) is 3.33. The molecule has 0 fully saturated rings. The zero-order chi connectivity index (χ0) is 15.0. The van der Waals surface area contributed by atoms with Crippen LogP contribution in [0.5, 0.6) is 0 Å². The Morgan fingerprint density at radius 3 is 2.48 bits per heavy atom. The highest BCUT2D eigenvalue weighted by Gasteiger charge is 2.30. The highest BCUT2D eigenvalue weighted by atomic mass is 19.4. The van der Waals surface area contributed by atoms with Crippen LogP contribution in [-0.2, 0) is 6.18 Å². The van der Waals surface area contributed by atoms with Crippen molar-refractivity contribution in [2.24, 2.45) is 0 Å².